The van der Waals surface area contributed by atoms with E-state index in [1.807, 2.05) is 4.72 Å². The monoisotopic (exact) mass is 278 g/mol. The number of nitrogens with zero attached hydrogens (tertiary/aromatic N) is 1. The maximum absolute atomic E-state index is 12.6. The number of hydrogen-bond acceptors (Lipinski definition) is 3. The van der Waals surface area contributed by atoms with Crippen molar-refractivity contribution in [1.29, 1.82) is 5.26 Å². The number of sulfonamides is 1. The Kier molecular flexibility index (Phi) is 3.98. The predicted molar refractivity (Wildman–Crippen MR) is 56.8 cm³/mol. The molecular weight excluding hydrogens is 269 g/mol. The van der Waals surface area contributed by atoms with Crippen molar-refractivity contribution in [2.75, 3.05) is 0 Å². The molecule has 0 bridgehead atoms. The molecule has 0 aromatic heterocycles. The first-order valence-corrected chi connectivity index (χ1v) is 6.25. The van der Waals surface area contributed by atoms with Gasteiger partial charge in [-0.3, -0.25) is 0 Å². The van der Waals surface area contributed by atoms with Crippen LogP contribution in [0.15, 0.2) is 29.2 Å². The SMILES string of the molecule is CC(C#N)NS(=O)(=O)c1ccccc1C(F)(F)F. The molecule has 98 valence electrons. The zero-order valence-electron chi connectivity index (χ0n) is 9.19. The van der Waals surface area contributed by atoms with Crippen LogP contribution in [-0.2, 0) is 16.2 Å². The second-order valence-electron chi connectivity index (χ2n) is 3.47. The molecule has 1 aromatic rings. The van der Waals surface area contributed by atoms with Gasteiger partial charge in [0.15, 0.2) is 0 Å². The van der Waals surface area contributed by atoms with Crippen LogP contribution in [0.25, 0.3) is 0 Å². The zero-order chi connectivity index (χ0) is 14.0. The molecule has 18 heavy (non-hydrogen) atoms. The molecular formula is C10H9F3N2O2S. The molecule has 0 radical (unpaired) electrons. The molecule has 1 rings (SSSR count). The first-order chi connectivity index (χ1) is 8.18. The van der Waals surface area contributed by atoms with E-state index in [2.05, 4.69) is 0 Å². The Morgan fingerprint density at radius 2 is 1.89 bits per heavy atom. The molecule has 0 aliphatic heterocycles. The van der Waals surface area contributed by atoms with Crippen LogP contribution in [0.2, 0.25) is 0 Å². The first-order valence-electron chi connectivity index (χ1n) is 4.76. The summed E-state index contributed by atoms with van der Waals surface area (Å²) < 4.78 is 63.2. The number of hydrogen-bond donors (Lipinski definition) is 1. The van der Waals surface area contributed by atoms with Gasteiger partial charge >= 0.3 is 6.18 Å². The minimum Gasteiger partial charge on any atom is -0.207 e. The Hall–Kier alpha value is -1.59. The highest BCUT2D eigenvalue weighted by atomic mass is 32.2. The molecule has 0 saturated carbocycles. The van der Waals surface area contributed by atoms with Crippen LogP contribution >= 0.6 is 0 Å². The lowest BCUT2D eigenvalue weighted by molar-refractivity contribution is -0.139. The second-order valence-corrected chi connectivity index (χ2v) is 5.15. The maximum atomic E-state index is 12.6. The van der Waals surface area contributed by atoms with Gasteiger partial charge < -0.3 is 0 Å². The third-order valence-electron chi connectivity index (χ3n) is 2.01. The van der Waals surface area contributed by atoms with E-state index in [0.717, 1.165) is 12.1 Å². The van der Waals surface area contributed by atoms with Gasteiger partial charge in [0.2, 0.25) is 10.0 Å². The lowest BCUT2D eigenvalue weighted by Gasteiger charge is -2.14. The lowest BCUT2D eigenvalue weighted by Crippen LogP contribution is -2.32. The van der Waals surface area contributed by atoms with Crippen molar-refractivity contribution in [2.45, 2.75) is 24.0 Å². The summed E-state index contributed by atoms with van der Waals surface area (Å²) in [5.41, 5.74) is -1.26. The van der Waals surface area contributed by atoms with E-state index in [4.69, 9.17) is 5.26 Å². The van der Waals surface area contributed by atoms with Crippen LogP contribution in [0.5, 0.6) is 0 Å². The molecule has 0 spiro atoms. The first kappa shape index (κ1) is 14.5. The molecule has 0 aliphatic rings. The van der Waals surface area contributed by atoms with Crippen LogP contribution < -0.4 is 4.72 Å². The van der Waals surface area contributed by atoms with Crippen molar-refractivity contribution in [3.05, 3.63) is 29.8 Å². The molecule has 1 atom stereocenters. The standard InChI is InChI=1S/C10H9F3N2O2S/c1-7(6-14)15-18(16,17)9-5-3-2-4-8(9)10(11,12)13/h2-5,7,15H,1H3. The van der Waals surface area contributed by atoms with Gasteiger partial charge in [-0.15, -0.1) is 0 Å². The summed E-state index contributed by atoms with van der Waals surface area (Å²) in [7, 11) is -4.38. The van der Waals surface area contributed by atoms with Gasteiger partial charge in [0.05, 0.1) is 16.5 Å². The smallest absolute Gasteiger partial charge is 0.207 e. The van der Waals surface area contributed by atoms with Crippen LogP contribution in [0, 0.1) is 11.3 Å². The highest BCUT2D eigenvalue weighted by Crippen LogP contribution is 2.33. The molecule has 1 aromatic carbocycles. The highest BCUT2D eigenvalue weighted by Gasteiger charge is 2.37. The summed E-state index contributed by atoms with van der Waals surface area (Å²) in [6, 6.07) is 4.25. The van der Waals surface area contributed by atoms with Crippen LogP contribution in [0.1, 0.15) is 12.5 Å². The van der Waals surface area contributed by atoms with Gasteiger partial charge in [-0.1, -0.05) is 12.1 Å². The topological polar surface area (TPSA) is 70.0 Å². The number of nitriles is 1. The minimum atomic E-state index is -4.78. The molecule has 0 aliphatic carbocycles. The van der Waals surface area contributed by atoms with Gasteiger partial charge in [0, 0.05) is 0 Å². The van der Waals surface area contributed by atoms with Crippen molar-refractivity contribution in [3.8, 4) is 6.07 Å². The minimum absolute atomic E-state index is 0.672. The van der Waals surface area contributed by atoms with Crippen molar-refractivity contribution in [1.82, 2.24) is 4.72 Å². The summed E-state index contributed by atoms with van der Waals surface area (Å²) in [6.07, 6.45) is -4.78. The van der Waals surface area contributed by atoms with Crippen molar-refractivity contribution in [3.63, 3.8) is 0 Å². The molecule has 1 unspecified atom stereocenters. The normalized spacial score (nSPS) is 13.9. The molecule has 4 nitrogen and oxygen atoms in total. The molecule has 0 saturated heterocycles. The fourth-order valence-corrected chi connectivity index (χ4v) is 2.63. The highest BCUT2D eigenvalue weighted by molar-refractivity contribution is 7.89. The fourth-order valence-electron chi connectivity index (χ4n) is 1.26. The number of rotatable bonds is 3. The number of halogens is 3. The largest absolute Gasteiger partial charge is 0.417 e. The van der Waals surface area contributed by atoms with Crippen molar-refractivity contribution < 1.29 is 21.6 Å². The third-order valence-corrected chi connectivity index (χ3v) is 3.61. The third kappa shape index (κ3) is 3.21. The van der Waals surface area contributed by atoms with E-state index in [1.54, 1.807) is 6.07 Å². The number of benzene rings is 1. The summed E-state index contributed by atoms with van der Waals surface area (Å²) in [5, 5.41) is 8.48. The van der Waals surface area contributed by atoms with Crippen LogP contribution in [0.4, 0.5) is 13.2 Å². The van der Waals surface area contributed by atoms with E-state index < -0.39 is 32.7 Å². The Balaban J connectivity index is 3.31. The Labute approximate surface area is 102 Å². The van der Waals surface area contributed by atoms with Crippen molar-refractivity contribution in [2.24, 2.45) is 0 Å². The average Bonchev–Trinajstić information content (AvgIpc) is 2.27. The van der Waals surface area contributed by atoms with E-state index in [0.29, 0.717) is 6.07 Å². The number of alkyl halides is 3. The van der Waals surface area contributed by atoms with Gasteiger partial charge in [0.25, 0.3) is 0 Å². The molecule has 0 fully saturated rings. The van der Waals surface area contributed by atoms with Crippen molar-refractivity contribution >= 4 is 10.0 Å². The molecule has 0 heterocycles. The van der Waals surface area contributed by atoms with Gasteiger partial charge in [-0.25, -0.2) is 8.42 Å². The molecule has 1 N–H and O–H groups in total. The predicted octanol–water partition coefficient (Wildman–Crippen LogP) is 1.90. The van der Waals surface area contributed by atoms with Crippen LogP contribution in [0.3, 0.4) is 0 Å². The zero-order valence-corrected chi connectivity index (χ0v) is 10.0. The molecule has 8 heteroatoms. The number of nitrogens with one attached hydrogen (secondary N) is 1. The lowest BCUT2D eigenvalue weighted by atomic mass is 10.2. The van der Waals surface area contributed by atoms with Gasteiger partial charge in [0.1, 0.15) is 6.04 Å². The van der Waals surface area contributed by atoms with E-state index in [1.165, 1.54) is 13.0 Å². The molecule has 0 amide bonds. The van der Waals surface area contributed by atoms with E-state index in [9.17, 15) is 21.6 Å². The Bertz CT molecular complexity index is 576. The van der Waals surface area contributed by atoms with Crippen LogP contribution in [-0.4, -0.2) is 14.5 Å². The second kappa shape index (κ2) is 4.96. The van der Waals surface area contributed by atoms with E-state index >= 15 is 0 Å². The van der Waals surface area contributed by atoms with E-state index in [-0.39, 0.29) is 0 Å². The van der Waals surface area contributed by atoms with Gasteiger partial charge in [-0.2, -0.15) is 23.2 Å². The summed E-state index contributed by atoms with van der Waals surface area (Å²) in [6.45, 7) is 1.23. The summed E-state index contributed by atoms with van der Waals surface area (Å²) >= 11 is 0. The Morgan fingerprint density at radius 1 is 1.33 bits per heavy atom. The van der Waals surface area contributed by atoms with Gasteiger partial charge in [-0.05, 0) is 19.1 Å². The summed E-state index contributed by atoms with van der Waals surface area (Å²) in [5.74, 6) is 0. The summed E-state index contributed by atoms with van der Waals surface area (Å²) in [4.78, 5) is -0.889. The maximum Gasteiger partial charge on any atom is 0.417 e. The quantitative estimate of drug-likeness (QED) is 0.918. The Morgan fingerprint density at radius 3 is 2.39 bits per heavy atom. The average molecular weight is 278 g/mol. The fraction of sp³-hybridized carbons (Fsp3) is 0.300.